The van der Waals surface area contributed by atoms with Crippen molar-refractivity contribution in [3.8, 4) is 5.75 Å². The number of rotatable bonds is 4. The summed E-state index contributed by atoms with van der Waals surface area (Å²) < 4.78 is 40.3. The number of hydrogen-bond acceptors (Lipinski definition) is 4. The molecule has 0 fully saturated rings. The minimum absolute atomic E-state index is 0.101. The molecule has 0 unspecified atom stereocenters. The first-order valence-corrected chi connectivity index (χ1v) is 8.02. The number of carboxylic acid groups (broad SMARTS) is 1. The van der Waals surface area contributed by atoms with Crippen LogP contribution in [0.15, 0.2) is 35.2 Å². The predicted octanol–water partition coefficient (Wildman–Crippen LogP) is 2.99. The normalized spacial score (nSPS) is 11.3. The molecule has 0 heterocycles. The second-order valence-electron chi connectivity index (χ2n) is 4.69. The maximum atomic E-state index is 13.7. The molecule has 0 radical (unpaired) electrons. The van der Waals surface area contributed by atoms with Crippen LogP contribution in [0, 0.1) is 12.7 Å². The fourth-order valence-electron chi connectivity index (χ4n) is 1.89. The molecule has 23 heavy (non-hydrogen) atoms. The number of phenols is 1. The molecule has 0 bridgehead atoms. The molecule has 0 aromatic heterocycles. The van der Waals surface area contributed by atoms with Crippen LogP contribution >= 0.6 is 11.6 Å². The highest BCUT2D eigenvalue weighted by molar-refractivity contribution is 7.92. The summed E-state index contributed by atoms with van der Waals surface area (Å²) in [5.74, 6) is -3.29. The number of hydrogen-bond donors (Lipinski definition) is 3. The van der Waals surface area contributed by atoms with Gasteiger partial charge in [-0.2, -0.15) is 0 Å². The Hall–Kier alpha value is -2.32. The van der Waals surface area contributed by atoms with Crippen LogP contribution in [0.25, 0.3) is 0 Å². The Kier molecular flexibility index (Phi) is 4.49. The highest BCUT2D eigenvalue weighted by Gasteiger charge is 2.25. The van der Waals surface area contributed by atoms with Gasteiger partial charge in [-0.1, -0.05) is 11.6 Å². The molecule has 0 aliphatic heterocycles. The second kappa shape index (κ2) is 6.05. The Bertz CT molecular complexity index is 898. The molecular weight excluding hydrogens is 349 g/mol. The highest BCUT2D eigenvalue weighted by Crippen LogP contribution is 2.31. The molecule has 0 atom stereocenters. The van der Waals surface area contributed by atoms with Crippen LogP contribution in [0.2, 0.25) is 5.02 Å². The highest BCUT2D eigenvalue weighted by atomic mass is 35.5. The van der Waals surface area contributed by atoms with Gasteiger partial charge < -0.3 is 10.2 Å². The van der Waals surface area contributed by atoms with E-state index in [-0.39, 0.29) is 5.02 Å². The molecule has 0 aliphatic rings. The Morgan fingerprint density at radius 1 is 1.26 bits per heavy atom. The van der Waals surface area contributed by atoms with E-state index in [2.05, 4.69) is 0 Å². The van der Waals surface area contributed by atoms with Crippen LogP contribution in [-0.4, -0.2) is 24.6 Å². The lowest BCUT2D eigenvalue weighted by atomic mass is 10.1. The van der Waals surface area contributed by atoms with E-state index in [1.54, 1.807) is 0 Å². The van der Waals surface area contributed by atoms with E-state index in [1.165, 1.54) is 13.0 Å². The average molecular weight is 360 g/mol. The molecule has 122 valence electrons. The van der Waals surface area contributed by atoms with Crippen LogP contribution < -0.4 is 4.72 Å². The van der Waals surface area contributed by atoms with E-state index in [1.807, 2.05) is 4.72 Å². The van der Waals surface area contributed by atoms with Crippen molar-refractivity contribution < 1.29 is 27.8 Å². The number of anilines is 1. The van der Waals surface area contributed by atoms with Crippen molar-refractivity contribution in [3.05, 3.63) is 52.3 Å². The lowest BCUT2D eigenvalue weighted by Crippen LogP contribution is -2.15. The quantitative estimate of drug-likeness (QED) is 0.778. The summed E-state index contributed by atoms with van der Waals surface area (Å²) in [5, 5.41) is 19.0. The second-order valence-corrected chi connectivity index (χ2v) is 6.78. The van der Waals surface area contributed by atoms with Gasteiger partial charge in [0.1, 0.15) is 16.3 Å². The van der Waals surface area contributed by atoms with E-state index in [0.717, 1.165) is 24.3 Å². The minimum atomic E-state index is -4.42. The topological polar surface area (TPSA) is 104 Å². The molecule has 0 aliphatic carbocycles. The SMILES string of the molecule is Cc1cc(C(=O)O)c(O)c(S(=O)(=O)Nc2cc(Cl)ccc2F)c1. The molecule has 3 N–H and O–H groups in total. The van der Waals surface area contributed by atoms with Crippen LogP contribution in [0.4, 0.5) is 10.1 Å². The summed E-state index contributed by atoms with van der Waals surface area (Å²) in [4.78, 5) is 10.4. The van der Waals surface area contributed by atoms with Crippen molar-refractivity contribution in [3.63, 3.8) is 0 Å². The number of sulfonamides is 1. The van der Waals surface area contributed by atoms with Crippen molar-refractivity contribution in [2.75, 3.05) is 4.72 Å². The molecule has 2 rings (SSSR count). The van der Waals surface area contributed by atoms with Gasteiger partial charge in [-0.15, -0.1) is 0 Å². The molecule has 0 spiro atoms. The number of aromatic hydroxyl groups is 1. The van der Waals surface area contributed by atoms with E-state index in [0.29, 0.717) is 5.56 Å². The molecule has 6 nitrogen and oxygen atoms in total. The number of carboxylic acids is 1. The van der Waals surface area contributed by atoms with E-state index in [9.17, 15) is 22.7 Å². The van der Waals surface area contributed by atoms with Gasteiger partial charge in [0.2, 0.25) is 0 Å². The third-order valence-corrected chi connectivity index (χ3v) is 4.53. The Labute approximate surface area is 136 Å². The van der Waals surface area contributed by atoms with Gasteiger partial charge in [-0.25, -0.2) is 17.6 Å². The summed E-state index contributed by atoms with van der Waals surface area (Å²) in [6.45, 7) is 1.46. The van der Waals surface area contributed by atoms with Crippen molar-refractivity contribution >= 4 is 33.3 Å². The van der Waals surface area contributed by atoms with E-state index < -0.39 is 43.7 Å². The van der Waals surface area contributed by atoms with Gasteiger partial charge in [0.15, 0.2) is 5.75 Å². The molecule has 2 aromatic carbocycles. The third-order valence-electron chi connectivity index (χ3n) is 2.91. The van der Waals surface area contributed by atoms with Gasteiger partial charge in [-0.3, -0.25) is 4.72 Å². The van der Waals surface area contributed by atoms with Gasteiger partial charge in [0, 0.05) is 5.02 Å². The van der Waals surface area contributed by atoms with Crippen molar-refractivity contribution in [1.29, 1.82) is 0 Å². The van der Waals surface area contributed by atoms with Gasteiger partial charge >= 0.3 is 5.97 Å². The third kappa shape index (κ3) is 3.54. The van der Waals surface area contributed by atoms with Crippen LogP contribution in [0.5, 0.6) is 5.75 Å². The Balaban J connectivity index is 2.56. The number of benzene rings is 2. The number of aryl methyl sites for hydroxylation is 1. The molecule has 0 saturated carbocycles. The van der Waals surface area contributed by atoms with Crippen LogP contribution in [0.1, 0.15) is 15.9 Å². The lowest BCUT2D eigenvalue weighted by Gasteiger charge is -2.12. The molecule has 0 amide bonds. The standard InChI is InChI=1S/C14H11ClFNO5S/c1-7-4-9(14(19)20)13(18)12(5-7)23(21,22)17-11-6-8(15)2-3-10(11)16/h2-6,17-18H,1H3,(H,19,20). The van der Waals surface area contributed by atoms with Crippen LogP contribution in [-0.2, 0) is 10.0 Å². The summed E-state index contributed by atoms with van der Waals surface area (Å²) in [6.07, 6.45) is 0. The van der Waals surface area contributed by atoms with Crippen molar-refractivity contribution in [2.24, 2.45) is 0 Å². The maximum absolute atomic E-state index is 13.7. The molecular formula is C14H11ClFNO5S. The predicted molar refractivity (Wildman–Crippen MR) is 82.0 cm³/mol. The smallest absolute Gasteiger partial charge is 0.339 e. The number of carbonyl (C=O) groups is 1. The summed E-state index contributed by atoms with van der Waals surface area (Å²) >= 11 is 5.69. The first-order chi connectivity index (χ1) is 10.6. The summed E-state index contributed by atoms with van der Waals surface area (Å²) in [5.41, 5.74) is -0.695. The van der Waals surface area contributed by atoms with Crippen molar-refractivity contribution in [1.82, 2.24) is 0 Å². The zero-order valence-electron chi connectivity index (χ0n) is 11.7. The van der Waals surface area contributed by atoms with Crippen molar-refractivity contribution in [2.45, 2.75) is 11.8 Å². The lowest BCUT2D eigenvalue weighted by molar-refractivity contribution is 0.0693. The first kappa shape index (κ1) is 17.0. The summed E-state index contributed by atoms with van der Waals surface area (Å²) in [7, 11) is -4.42. The molecule has 9 heteroatoms. The molecule has 2 aromatic rings. The van der Waals surface area contributed by atoms with E-state index >= 15 is 0 Å². The van der Waals surface area contributed by atoms with Gasteiger partial charge in [0.05, 0.1) is 5.69 Å². The Morgan fingerprint density at radius 2 is 1.91 bits per heavy atom. The average Bonchev–Trinajstić information content (AvgIpc) is 2.44. The number of halogens is 2. The molecule has 0 saturated heterocycles. The zero-order chi connectivity index (χ0) is 17.4. The van der Waals surface area contributed by atoms with Gasteiger partial charge in [0.25, 0.3) is 10.0 Å². The van der Waals surface area contributed by atoms with Gasteiger partial charge in [-0.05, 0) is 42.8 Å². The Morgan fingerprint density at radius 3 is 2.52 bits per heavy atom. The fourth-order valence-corrected chi connectivity index (χ4v) is 3.32. The number of nitrogens with one attached hydrogen (secondary N) is 1. The maximum Gasteiger partial charge on any atom is 0.339 e. The van der Waals surface area contributed by atoms with Crippen LogP contribution in [0.3, 0.4) is 0 Å². The summed E-state index contributed by atoms with van der Waals surface area (Å²) in [6, 6.07) is 5.46. The minimum Gasteiger partial charge on any atom is -0.506 e. The first-order valence-electron chi connectivity index (χ1n) is 6.16. The largest absolute Gasteiger partial charge is 0.506 e. The number of aromatic carboxylic acids is 1. The fraction of sp³-hybridized carbons (Fsp3) is 0.0714. The zero-order valence-corrected chi connectivity index (χ0v) is 13.2. The van der Waals surface area contributed by atoms with E-state index in [4.69, 9.17) is 16.7 Å². The monoisotopic (exact) mass is 359 g/mol.